The van der Waals surface area contributed by atoms with Crippen molar-refractivity contribution in [2.75, 3.05) is 5.73 Å². The van der Waals surface area contributed by atoms with Crippen molar-refractivity contribution in [3.63, 3.8) is 0 Å². The van der Waals surface area contributed by atoms with Crippen LogP contribution in [-0.4, -0.2) is 11.1 Å². The van der Waals surface area contributed by atoms with Gasteiger partial charge in [-0.3, -0.25) is 0 Å². The molecule has 0 fully saturated rings. The molecule has 1 heterocycles. The van der Waals surface area contributed by atoms with E-state index in [9.17, 15) is 0 Å². The van der Waals surface area contributed by atoms with Gasteiger partial charge in [0, 0.05) is 11.8 Å². The molecule has 0 amide bonds. The highest BCUT2D eigenvalue weighted by Crippen LogP contribution is 2.26. The first-order chi connectivity index (χ1) is 10.6. The molecule has 0 aliphatic rings. The fourth-order valence-corrected chi connectivity index (χ4v) is 2.54. The Bertz CT molecular complexity index is 802. The second kappa shape index (κ2) is 7.34. The number of nitrogen functional groups attached to an aromatic ring is 1. The molecule has 0 aliphatic heterocycles. The number of ether oxygens (including phenoxy) is 1. The van der Waals surface area contributed by atoms with Crippen LogP contribution in [0, 0.1) is 0 Å². The summed E-state index contributed by atoms with van der Waals surface area (Å²) < 4.78 is 5.88. The number of nitrogens with two attached hydrogens (primary N) is 1. The Morgan fingerprint density at radius 2 is 1.70 bits per heavy atom. The molecule has 0 spiro atoms. The standard InChI is InChI=1S/C19H20N2O.ClH/c1-13(2)22-18-10-6-4-8-15(18)12-16-11-14-7-3-5-9-17(14)21-19(16)20;/h3-11,13H,12H2,1-2H3,(H2,20,21);1H. The molecule has 3 aromatic rings. The summed E-state index contributed by atoms with van der Waals surface area (Å²) in [7, 11) is 0. The summed E-state index contributed by atoms with van der Waals surface area (Å²) in [5.74, 6) is 1.49. The normalized spacial score (nSPS) is 10.6. The number of pyridine rings is 1. The van der Waals surface area contributed by atoms with E-state index in [1.807, 2.05) is 50.2 Å². The lowest BCUT2D eigenvalue weighted by Crippen LogP contribution is -2.08. The zero-order valence-electron chi connectivity index (χ0n) is 13.3. The molecule has 120 valence electrons. The third-order valence-corrected chi connectivity index (χ3v) is 3.55. The van der Waals surface area contributed by atoms with Gasteiger partial charge < -0.3 is 10.5 Å². The molecule has 23 heavy (non-hydrogen) atoms. The molecule has 0 atom stereocenters. The molecule has 0 radical (unpaired) electrons. The van der Waals surface area contributed by atoms with Gasteiger partial charge in [0.15, 0.2) is 0 Å². The van der Waals surface area contributed by atoms with Gasteiger partial charge in [-0.2, -0.15) is 0 Å². The number of aromatic nitrogens is 1. The Hall–Kier alpha value is -2.26. The number of fused-ring (bicyclic) bond motifs is 1. The first-order valence-electron chi connectivity index (χ1n) is 7.52. The topological polar surface area (TPSA) is 48.1 Å². The number of para-hydroxylation sites is 2. The lowest BCUT2D eigenvalue weighted by Gasteiger charge is -2.15. The SMILES string of the molecule is CC(C)Oc1ccccc1Cc1cc2ccccc2nc1N.Cl. The van der Waals surface area contributed by atoms with E-state index in [1.54, 1.807) is 0 Å². The minimum atomic E-state index is 0. The van der Waals surface area contributed by atoms with Gasteiger partial charge in [0.05, 0.1) is 11.6 Å². The number of benzene rings is 2. The van der Waals surface area contributed by atoms with Gasteiger partial charge in [0.25, 0.3) is 0 Å². The van der Waals surface area contributed by atoms with Crippen molar-refractivity contribution in [2.24, 2.45) is 0 Å². The van der Waals surface area contributed by atoms with Gasteiger partial charge in [-0.25, -0.2) is 4.98 Å². The van der Waals surface area contributed by atoms with E-state index in [4.69, 9.17) is 10.5 Å². The Kier molecular flexibility index (Phi) is 5.45. The fraction of sp³-hybridized carbons (Fsp3) is 0.211. The zero-order chi connectivity index (χ0) is 15.5. The summed E-state index contributed by atoms with van der Waals surface area (Å²) in [6, 6.07) is 18.2. The average molecular weight is 329 g/mol. The van der Waals surface area contributed by atoms with E-state index in [2.05, 4.69) is 23.2 Å². The van der Waals surface area contributed by atoms with E-state index in [0.29, 0.717) is 12.2 Å². The van der Waals surface area contributed by atoms with Crippen LogP contribution in [0.4, 0.5) is 5.82 Å². The number of hydrogen-bond donors (Lipinski definition) is 1. The van der Waals surface area contributed by atoms with Gasteiger partial charge >= 0.3 is 0 Å². The van der Waals surface area contributed by atoms with Crippen LogP contribution in [-0.2, 0) is 6.42 Å². The van der Waals surface area contributed by atoms with Crippen molar-refractivity contribution in [1.29, 1.82) is 0 Å². The van der Waals surface area contributed by atoms with E-state index >= 15 is 0 Å². The molecule has 0 saturated heterocycles. The summed E-state index contributed by atoms with van der Waals surface area (Å²) in [6.45, 7) is 4.06. The monoisotopic (exact) mass is 328 g/mol. The van der Waals surface area contributed by atoms with Crippen LogP contribution in [0.5, 0.6) is 5.75 Å². The van der Waals surface area contributed by atoms with Crippen LogP contribution >= 0.6 is 12.4 Å². The Balaban J connectivity index is 0.00000192. The Morgan fingerprint density at radius 3 is 2.48 bits per heavy atom. The summed E-state index contributed by atoms with van der Waals surface area (Å²) >= 11 is 0. The number of halogens is 1. The fourth-order valence-electron chi connectivity index (χ4n) is 2.54. The number of rotatable bonds is 4. The molecular formula is C19H21ClN2O. The third-order valence-electron chi connectivity index (χ3n) is 3.55. The molecule has 0 aliphatic carbocycles. The predicted octanol–water partition coefficient (Wildman–Crippen LogP) is 4.62. The van der Waals surface area contributed by atoms with Gasteiger partial charge in [0.1, 0.15) is 11.6 Å². The van der Waals surface area contributed by atoms with Crippen molar-refractivity contribution >= 4 is 29.1 Å². The third kappa shape index (κ3) is 3.93. The summed E-state index contributed by atoms with van der Waals surface area (Å²) in [6.07, 6.45) is 0.861. The van der Waals surface area contributed by atoms with Gasteiger partial charge in [0.2, 0.25) is 0 Å². The highest BCUT2D eigenvalue weighted by atomic mass is 35.5. The molecule has 1 aromatic heterocycles. The highest BCUT2D eigenvalue weighted by Gasteiger charge is 2.09. The number of hydrogen-bond acceptors (Lipinski definition) is 3. The minimum absolute atomic E-state index is 0. The molecule has 2 N–H and O–H groups in total. The van der Waals surface area contributed by atoms with Crippen LogP contribution in [0.1, 0.15) is 25.0 Å². The van der Waals surface area contributed by atoms with Crippen molar-refractivity contribution in [3.8, 4) is 5.75 Å². The van der Waals surface area contributed by atoms with Gasteiger partial charge in [-0.15, -0.1) is 12.4 Å². The maximum Gasteiger partial charge on any atom is 0.127 e. The smallest absolute Gasteiger partial charge is 0.127 e. The molecule has 0 saturated carbocycles. The molecule has 3 nitrogen and oxygen atoms in total. The van der Waals surface area contributed by atoms with Gasteiger partial charge in [-0.1, -0.05) is 36.4 Å². The lowest BCUT2D eigenvalue weighted by atomic mass is 10.0. The molecule has 4 heteroatoms. The predicted molar refractivity (Wildman–Crippen MR) is 98.4 cm³/mol. The van der Waals surface area contributed by atoms with E-state index in [1.165, 1.54) is 0 Å². The van der Waals surface area contributed by atoms with Crippen molar-refractivity contribution in [1.82, 2.24) is 4.98 Å². The van der Waals surface area contributed by atoms with E-state index < -0.39 is 0 Å². The largest absolute Gasteiger partial charge is 0.491 e. The number of nitrogens with zero attached hydrogens (tertiary/aromatic N) is 1. The second-order valence-corrected chi connectivity index (χ2v) is 5.68. The average Bonchev–Trinajstić information content (AvgIpc) is 2.49. The molecule has 2 aromatic carbocycles. The zero-order valence-corrected chi connectivity index (χ0v) is 14.1. The van der Waals surface area contributed by atoms with Crippen molar-refractivity contribution < 1.29 is 4.74 Å². The molecule has 0 bridgehead atoms. The highest BCUT2D eigenvalue weighted by molar-refractivity contribution is 5.85. The quantitative estimate of drug-likeness (QED) is 0.760. The molecule has 0 unspecified atom stereocenters. The van der Waals surface area contributed by atoms with Crippen LogP contribution in [0.3, 0.4) is 0 Å². The van der Waals surface area contributed by atoms with Crippen molar-refractivity contribution in [3.05, 3.63) is 65.7 Å². The Labute approximate surface area is 142 Å². The first-order valence-corrected chi connectivity index (χ1v) is 7.52. The maximum atomic E-state index is 6.13. The van der Waals surface area contributed by atoms with Crippen LogP contribution < -0.4 is 10.5 Å². The molecular weight excluding hydrogens is 308 g/mol. The first kappa shape index (κ1) is 17.1. The van der Waals surface area contributed by atoms with Crippen LogP contribution in [0.2, 0.25) is 0 Å². The van der Waals surface area contributed by atoms with E-state index in [-0.39, 0.29) is 18.5 Å². The molecule has 3 rings (SSSR count). The van der Waals surface area contributed by atoms with E-state index in [0.717, 1.165) is 27.8 Å². The summed E-state index contributed by atoms with van der Waals surface area (Å²) in [5.41, 5.74) is 9.21. The Morgan fingerprint density at radius 1 is 1.00 bits per heavy atom. The lowest BCUT2D eigenvalue weighted by molar-refractivity contribution is 0.240. The van der Waals surface area contributed by atoms with Crippen molar-refractivity contribution in [2.45, 2.75) is 26.4 Å². The summed E-state index contributed by atoms with van der Waals surface area (Å²) in [4.78, 5) is 4.50. The summed E-state index contributed by atoms with van der Waals surface area (Å²) in [5, 5.41) is 1.11. The van der Waals surface area contributed by atoms with Gasteiger partial charge in [-0.05, 0) is 43.2 Å². The minimum Gasteiger partial charge on any atom is -0.491 e. The van der Waals surface area contributed by atoms with Crippen LogP contribution in [0.25, 0.3) is 10.9 Å². The maximum absolute atomic E-state index is 6.13. The number of anilines is 1. The second-order valence-electron chi connectivity index (χ2n) is 5.68. The van der Waals surface area contributed by atoms with Crippen LogP contribution in [0.15, 0.2) is 54.6 Å².